The smallest absolute Gasteiger partial charge is 0.253 e. The number of anilines is 1. The predicted octanol–water partition coefficient (Wildman–Crippen LogP) is 2.56. The second-order valence-corrected chi connectivity index (χ2v) is 6.20. The number of nitrogens with two attached hydrogens (primary N) is 1. The number of nitrogens with one attached hydrogen (secondary N) is 2. The minimum absolute atomic E-state index is 0. The number of halogens is 1. The molecule has 1 fully saturated rings. The minimum Gasteiger partial charge on any atom is -0.350 e. The van der Waals surface area contributed by atoms with Gasteiger partial charge in [0.25, 0.3) is 5.91 Å². The van der Waals surface area contributed by atoms with Crippen molar-refractivity contribution >= 4 is 29.9 Å². The highest BCUT2D eigenvalue weighted by Crippen LogP contribution is 2.32. The van der Waals surface area contributed by atoms with Crippen molar-refractivity contribution in [3.8, 4) is 0 Å². The first kappa shape index (κ1) is 19.5. The first-order valence-corrected chi connectivity index (χ1v) is 7.93. The van der Waals surface area contributed by atoms with E-state index in [0.717, 1.165) is 19.3 Å². The zero-order valence-electron chi connectivity index (χ0n) is 13.7. The lowest BCUT2D eigenvalue weighted by atomic mass is 9.95. The lowest BCUT2D eigenvalue weighted by Gasteiger charge is -2.19. The van der Waals surface area contributed by atoms with Crippen molar-refractivity contribution in [1.82, 2.24) is 5.32 Å². The highest BCUT2D eigenvalue weighted by atomic mass is 35.5. The van der Waals surface area contributed by atoms with Gasteiger partial charge in [0, 0.05) is 12.0 Å². The lowest BCUT2D eigenvalue weighted by Crippen LogP contribution is -2.33. The van der Waals surface area contributed by atoms with Crippen molar-refractivity contribution in [2.24, 2.45) is 17.6 Å². The summed E-state index contributed by atoms with van der Waals surface area (Å²) in [5, 5.41) is 5.77. The van der Waals surface area contributed by atoms with E-state index in [2.05, 4.69) is 10.6 Å². The third-order valence-corrected chi connectivity index (χ3v) is 4.15. The molecule has 0 spiro atoms. The van der Waals surface area contributed by atoms with Crippen LogP contribution in [0.25, 0.3) is 0 Å². The second kappa shape index (κ2) is 8.89. The van der Waals surface area contributed by atoms with Gasteiger partial charge < -0.3 is 16.4 Å². The van der Waals surface area contributed by atoms with Gasteiger partial charge in [0.1, 0.15) is 0 Å². The van der Waals surface area contributed by atoms with Crippen LogP contribution in [-0.4, -0.2) is 24.4 Å². The Balaban J connectivity index is 0.00000264. The highest BCUT2D eigenvalue weighted by Gasteiger charge is 2.32. The van der Waals surface area contributed by atoms with Crippen LogP contribution in [0.1, 0.15) is 43.5 Å². The van der Waals surface area contributed by atoms with Gasteiger partial charge in [-0.3, -0.25) is 9.59 Å². The molecule has 0 saturated heterocycles. The van der Waals surface area contributed by atoms with Crippen molar-refractivity contribution in [2.45, 2.75) is 39.2 Å². The molecule has 128 valence electrons. The number of carbonyl (C=O) groups excluding carboxylic acids is 2. The van der Waals surface area contributed by atoms with Crippen LogP contribution in [0.15, 0.2) is 24.3 Å². The molecular formula is C17H26ClN3O2. The molecule has 6 heteroatoms. The van der Waals surface area contributed by atoms with E-state index in [1.807, 2.05) is 19.9 Å². The molecule has 2 atom stereocenters. The summed E-state index contributed by atoms with van der Waals surface area (Å²) >= 11 is 0. The third kappa shape index (κ3) is 4.94. The molecule has 1 saturated carbocycles. The first-order chi connectivity index (χ1) is 10.5. The van der Waals surface area contributed by atoms with Gasteiger partial charge in [-0.15, -0.1) is 12.4 Å². The number of amides is 2. The average molecular weight is 340 g/mol. The van der Waals surface area contributed by atoms with Crippen LogP contribution in [0.4, 0.5) is 5.69 Å². The summed E-state index contributed by atoms with van der Waals surface area (Å²) in [5.41, 5.74) is 6.80. The van der Waals surface area contributed by atoms with Gasteiger partial charge >= 0.3 is 0 Å². The zero-order chi connectivity index (χ0) is 16.1. The zero-order valence-corrected chi connectivity index (χ0v) is 14.5. The quantitative estimate of drug-likeness (QED) is 0.770. The van der Waals surface area contributed by atoms with Crippen LogP contribution in [0.3, 0.4) is 0 Å². The summed E-state index contributed by atoms with van der Waals surface area (Å²) in [7, 11) is 0. The Morgan fingerprint density at radius 3 is 2.61 bits per heavy atom. The van der Waals surface area contributed by atoms with E-state index in [-0.39, 0.29) is 42.1 Å². The third-order valence-electron chi connectivity index (χ3n) is 4.15. The number of hydrogen-bond donors (Lipinski definition) is 3. The van der Waals surface area contributed by atoms with Gasteiger partial charge in [0.05, 0.1) is 11.3 Å². The fourth-order valence-corrected chi connectivity index (χ4v) is 3.02. The summed E-state index contributed by atoms with van der Waals surface area (Å²) in [6.45, 7) is 4.35. The largest absolute Gasteiger partial charge is 0.350 e. The van der Waals surface area contributed by atoms with Gasteiger partial charge in [0.15, 0.2) is 0 Å². The van der Waals surface area contributed by atoms with Crippen LogP contribution >= 0.6 is 12.4 Å². The number of para-hydroxylation sites is 1. The molecule has 2 amide bonds. The van der Waals surface area contributed by atoms with Gasteiger partial charge in [-0.1, -0.05) is 18.6 Å². The number of hydrogen-bond acceptors (Lipinski definition) is 3. The molecule has 0 heterocycles. The second-order valence-electron chi connectivity index (χ2n) is 6.20. The molecular weight excluding hydrogens is 314 g/mol. The summed E-state index contributed by atoms with van der Waals surface area (Å²) in [6.07, 6.45) is 2.91. The molecule has 1 aliphatic rings. The van der Waals surface area contributed by atoms with E-state index in [9.17, 15) is 9.59 Å². The van der Waals surface area contributed by atoms with E-state index in [1.54, 1.807) is 18.2 Å². The van der Waals surface area contributed by atoms with Crippen molar-refractivity contribution in [2.75, 3.05) is 11.9 Å². The maximum absolute atomic E-state index is 12.5. The molecule has 0 aromatic heterocycles. The standard InChI is InChI=1S/C17H25N3O2.ClH/c1-11(2)19-17(22)14-7-3-4-9-15(14)20-16(21)13-8-5-6-12(13)10-18;/h3-4,7,9,11-13H,5-6,8,10,18H2,1-2H3,(H,19,22)(H,20,21);1H/t12-,13-;/m1./s1. The molecule has 2 rings (SSSR count). The Morgan fingerprint density at radius 1 is 1.26 bits per heavy atom. The van der Waals surface area contributed by atoms with Crippen LogP contribution < -0.4 is 16.4 Å². The summed E-state index contributed by atoms with van der Waals surface area (Å²) in [5.74, 6) is -0.00619. The molecule has 0 aliphatic heterocycles. The van der Waals surface area contributed by atoms with Crippen LogP contribution in [0.5, 0.6) is 0 Å². The maximum Gasteiger partial charge on any atom is 0.253 e. The van der Waals surface area contributed by atoms with Gasteiger partial charge in [0.2, 0.25) is 5.91 Å². The van der Waals surface area contributed by atoms with E-state index in [1.165, 1.54) is 0 Å². The molecule has 1 aromatic carbocycles. The Labute approximate surface area is 143 Å². The monoisotopic (exact) mass is 339 g/mol. The molecule has 23 heavy (non-hydrogen) atoms. The molecule has 5 nitrogen and oxygen atoms in total. The molecule has 0 unspecified atom stereocenters. The van der Waals surface area contributed by atoms with Crippen molar-refractivity contribution in [3.05, 3.63) is 29.8 Å². The van der Waals surface area contributed by atoms with Crippen molar-refractivity contribution in [1.29, 1.82) is 0 Å². The molecule has 4 N–H and O–H groups in total. The Kier molecular flexibility index (Phi) is 7.52. The van der Waals surface area contributed by atoms with E-state index < -0.39 is 0 Å². The predicted molar refractivity (Wildman–Crippen MR) is 94.8 cm³/mol. The SMILES string of the molecule is CC(C)NC(=O)c1ccccc1NC(=O)[C@@H]1CCC[C@@H]1CN.Cl. The van der Waals surface area contributed by atoms with Crippen LogP contribution in [0, 0.1) is 11.8 Å². The normalized spacial score (nSPS) is 20.0. The molecule has 0 bridgehead atoms. The summed E-state index contributed by atoms with van der Waals surface area (Å²) < 4.78 is 0. The van der Waals surface area contributed by atoms with Gasteiger partial charge in [-0.25, -0.2) is 0 Å². The van der Waals surface area contributed by atoms with Crippen molar-refractivity contribution in [3.63, 3.8) is 0 Å². The minimum atomic E-state index is -0.173. The van der Waals surface area contributed by atoms with Gasteiger partial charge in [-0.2, -0.15) is 0 Å². The lowest BCUT2D eigenvalue weighted by molar-refractivity contribution is -0.120. The Hall–Kier alpha value is -1.59. The maximum atomic E-state index is 12.5. The molecule has 1 aromatic rings. The first-order valence-electron chi connectivity index (χ1n) is 7.93. The molecule has 0 radical (unpaired) electrons. The number of carbonyl (C=O) groups is 2. The highest BCUT2D eigenvalue weighted by molar-refractivity contribution is 6.04. The van der Waals surface area contributed by atoms with E-state index >= 15 is 0 Å². The average Bonchev–Trinajstić information content (AvgIpc) is 2.95. The molecule has 1 aliphatic carbocycles. The summed E-state index contributed by atoms with van der Waals surface area (Å²) in [4.78, 5) is 24.7. The fraction of sp³-hybridized carbons (Fsp3) is 0.529. The Morgan fingerprint density at radius 2 is 1.96 bits per heavy atom. The number of rotatable bonds is 5. The summed E-state index contributed by atoms with van der Waals surface area (Å²) in [6, 6.07) is 7.15. The van der Waals surface area contributed by atoms with Gasteiger partial charge in [-0.05, 0) is 51.3 Å². The fourth-order valence-electron chi connectivity index (χ4n) is 3.02. The topological polar surface area (TPSA) is 84.2 Å². The van der Waals surface area contributed by atoms with Crippen molar-refractivity contribution < 1.29 is 9.59 Å². The van der Waals surface area contributed by atoms with E-state index in [4.69, 9.17) is 5.73 Å². The van der Waals surface area contributed by atoms with E-state index in [0.29, 0.717) is 17.8 Å². The number of benzene rings is 1. The van der Waals surface area contributed by atoms with Crippen LogP contribution in [-0.2, 0) is 4.79 Å². The van der Waals surface area contributed by atoms with Crippen LogP contribution in [0.2, 0.25) is 0 Å². The Bertz CT molecular complexity index is 548.